The number of hydrogen-bond donors (Lipinski definition) is 0. The molecule has 110 valence electrons. The highest BCUT2D eigenvalue weighted by Crippen LogP contribution is 2.24. The van der Waals surface area contributed by atoms with Crippen LogP contribution in [0.4, 0.5) is 0 Å². The maximum Gasteiger partial charge on any atom is 0.223 e. The number of hydrogen-bond acceptors (Lipinski definition) is 4. The molecular formula is C15H22N2O3. The van der Waals surface area contributed by atoms with Gasteiger partial charge in [-0.3, -0.25) is 4.79 Å². The number of rotatable bonds is 6. The number of nitrogens with zero attached hydrogens (tertiary/aromatic N) is 2. The molecule has 5 nitrogen and oxygen atoms in total. The molecule has 0 aromatic carbocycles. The third-order valence-corrected chi connectivity index (χ3v) is 3.77. The van der Waals surface area contributed by atoms with E-state index in [1.165, 1.54) is 11.1 Å². The van der Waals surface area contributed by atoms with Crippen LogP contribution in [0.25, 0.3) is 0 Å². The van der Waals surface area contributed by atoms with Gasteiger partial charge < -0.3 is 14.4 Å². The van der Waals surface area contributed by atoms with E-state index in [1.807, 2.05) is 17.2 Å². The van der Waals surface area contributed by atoms with Gasteiger partial charge in [0.2, 0.25) is 11.8 Å². The normalized spacial score (nSPS) is 18.6. The van der Waals surface area contributed by atoms with Crippen LogP contribution in [-0.2, 0) is 16.0 Å². The van der Waals surface area contributed by atoms with Crippen LogP contribution in [0.1, 0.15) is 17.5 Å². The number of methoxy groups -OCH3 is 2. The molecule has 1 saturated heterocycles. The molecule has 1 aliphatic rings. The second-order valence-corrected chi connectivity index (χ2v) is 5.26. The lowest BCUT2D eigenvalue weighted by atomic mass is 9.97. The van der Waals surface area contributed by atoms with Gasteiger partial charge in [0.15, 0.2) is 0 Å². The van der Waals surface area contributed by atoms with Crippen molar-refractivity contribution in [3.8, 4) is 5.88 Å². The summed E-state index contributed by atoms with van der Waals surface area (Å²) >= 11 is 0. The number of aromatic nitrogens is 1. The molecule has 1 aliphatic heterocycles. The molecule has 2 heterocycles. The number of likely N-dealkylation sites (tertiary alicyclic amines) is 1. The smallest absolute Gasteiger partial charge is 0.223 e. The van der Waals surface area contributed by atoms with Gasteiger partial charge in [0.05, 0.1) is 13.7 Å². The highest BCUT2D eigenvalue weighted by Gasteiger charge is 2.29. The monoisotopic (exact) mass is 278 g/mol. The summed E-state index contributed by atoms with van der Waals surface area (Å²) in [5.74, 6) is 1.23. The lowest BCUT2D eigenvalue weighted by molar-refractivity contribution is -0.128. The molecule has 2 rings (SSSR count). The van der Waals surface area contributed by atoms with Gasteiger partial charge in [-0.05, 0) is 30.4 Å². The lowest BCUT2D eigenvalue weighted by Gasteiger charge is -2.16. The van der Waals surface area contributed by atoms with Crippen molar-refractivity contribution in [3.05, 3.63) is 23.4 Å². The van der Waals surface area contributed by atoms with Crippen molar-refractivity contribution in [1.82, 2.24) is 9.88 Å². The highest BCUT2D eigenvalue weighted by atomic mass is 16.5. The van der Waals surface area contributed by atoms with Gasteiger partial charge in [-0.2, -0.15) is 0 Å². The predicted octanol–water partition coefficient (Wildman–Crippen LogP) is 1.44. The van der Waals surface area contributed by atoms with Crippen molar-refractivity contribution in [2.45, 2.75) is 19.8 Å². The molecule has 0 N–H and O–H groups in total. The molecule has 0 saturated carbocycles. The summed E-state index contributed by atoms with van der Waals surface area (Å²) in [7, 11) is 3.27. The maximum absolute atomic E-state index is 11.9. The summed E-state index contributed by atoms with van der Waals surface area (Å²) in [4.78, 5) is 18.0. The standard InChI is InChI=1S/C15H22N2O3/c1-11-6-14(20-3)16-9-13(11)7-12-8-15(18)17(10-12)4-5-19-2/h6,9,12H,4-5,7-8,10H2,1-3H3/t12-/m0/s1. The quantitative estimate of drug-likeness (QED) is 0.790. The fraction of sp³-hybridized carbons (Fsp3) is 0.600. The molecule has 0 aliphatic carbocycles. The van der Waals surface area contributed by atoms with Crippen molar-refractivity contribution < 1.29 is 14.3 Å². The zero-order chi connectivity index (χ0) is 14.5. The Hall–Kier alpha value is -1.62. The topological polar surface area (TPSA) is 51.7 Å². The molecule has 1 aromatic heterocycles. The number of carbonyl (C=O) groups is 1. The van der Waals surface area contributed by atoms with E-state index in [0.717, 1.165) is 13.0 Å². The van der Waals surface area contributed by atoms with E-state index < -0.39 is 0 Å². The molecule has 20 heavy (non-hydrogen) atoms. The van der Waals surface area contributed by atoms with Crippen LogP contribution in [0.5, 0.6) is 5.88 Å². The summed E-state index contributed by atoms with van der Waals surface area (Å²) in [5.41, 5.74) is 2.36. The highest BCUT2D eigenvalue weighted by molar-refractivity contribution is 5.78. The first-order valence-electron chi connectivity index (χ1n) is 6.90. The summed E-state index contributed by atoms with van der Waals surface area (Å²) in [6, 6.07) is 1.94. The van der Waals surface area contributed by atoms with Crippen molar-refractivity contribution in [2.75, 3.05) is 33.9 Å². The average Bonchev–Trinajstić information content (AvgIpc) is 2.79. The second kappa shape index (κ2) is 6.70. The number of carbonyl (C=O) groups excluding carboxylic acids is 1. The van der Waals surface area contributed by atoms with E-state index in [-0.39, 0.29) is 5.91 Å². The zero-order valence-electron chi connectivity index (χ0n) is 12.4. The third-order valence-electron chi connectivity index (χ3n) is 3.77. The van der Waals surface area contributed by atoms with Gasteiger partial charge in [-0.1, -0.05) is 0 Å². The average molecular weight is 278 g/mol. The number of amides is 1. The first-order valence-corrected chi connectivity index (χ1v) is 6.90. The Morgan fingerprint density at radius 3 is 2.90 bits per heavy atom. The minimum absolute atomic E-state index is 0.228. The Bertz CT molecular complexity index is 476. The van der Waals surface area contributed by atoms with Crippen molar-refractivity contribution in [1.29, 1.82) is 0 Å². The zero-order valence-corrected chi connectivity index (χ0v) is 12.4. The Kier molecular flexibility index (Phi) is 4.95. The van der Waals surface area contributed by atoms with Crippen molar-refractivity contribution >= 4 is 5.91 Å². The molecule has 1 amide bonds. The van der Waals surface area contributed by atoms with Crippen molar-refractivity contribution in [2.24, 2.45) is 5.92 Å². The molecule has 5 heteroatoms. The van der Waals surface area contributed by atoms with Crippen LogP contribution in [0.2, 0.25) is 0 Å². The molecule has 0 spiro atoms. The van der Waals surface area contributed by atoms with Crippen molar-refractivity contribution in [3.63, 3.8) is 0 Å². The molecule has 1 aromatic rings. The Morgan fingerprint density at radius 1 is 1.45 bits per heavy atom. The second-order valence-electron chi connectivity index (χ2n) is 5.26. The third kappa shape index (κ3) is 3.48. The van der Waals surface area contributed by atoms with Gasteiger partial charge >= 0.3 is 0 Å². The number of ether oxygens (including phenoxy) is 2. The number of aryl methyl sites for hydroxylation is 1. The minimum Gasteiger partial charge on any atom is -0.481 e. The maximum atomic E-state index is 11.9. The Labute approximate surface area is 119 Å². The van der Waals surface area contributed by atoms with Gasteiger partial charge in [-0.15, -0.1) is 0 Å². The van der Waals surface area contributed by atoms with Crippen LogP contribution in [0.15, 0.2) is 12.3 Å². The summed E-state index contributed by atoms with van der Waals surface area (Å²) in [5, 5.41) is 0. The minimum atomic E-state index is 0.228. The first-order chi connectivity index (χ1) is 9.63. The SMILES string of the molecule is COCCN1C[C@@H](Cc2cnc(OC)cc2C)CC1=O. The Morgan fingerprint density at radius 2 is 2.25 bits per heavy atom. The van der Waals surface area contributed by atoms with E-state index in [2.05, 4.69) is 11.9 Å². The van der Waals surface area contributed by atoms with Crippen LogP contribution >= 0.6 is 0 Å². The molecule has 1 fully saturated rings. The van der Waals surface area contributed by atoms with Gasteiger partial charge in [0.25, 0.3) is 0 Å². The molecule has 0 radical (unpaired) electrons. The van der Waals surface area contributed by atoms with E-state index in [4.69, 9.17) is 9.47 Å². The summed E-state index contributed by atoms with van der Waals surface area (Å²) in [6.45, 7) is 4.15. The predicted molar refractivity (Wildman–Crippen MR) is 75.8 cm³/mol. The fourth-order valence-electron chi connectivity index (χ4n) is 2.60. The first kappa shape index (κ1) is 14.8. The van der Waals surface area contributed by atoms with E-state index in [1.54, 1.807) is 14.2 Å². The van der Waals surface area contributed by atoms with Crippen LogP contribution in [0, 0.1) is 12.8 Å². The van der Waals surface area contributed by atoms with Crippen LogP contribution in [-0.4, -0.2) is 49.7 Å². The summed E-state index contributed by atoms with van der Waals surface area (Å²) in [6.07, 6.45) is 3.36. The lowest BCUT2D eigenvalue weighted by Crippen LogP contribution is -2.28. The van der Waals surface area contributed by atoms with Crippen LogP contribution in [0.3, 0.4) is 0 Å². The fourth-order valence-corrected chi connectivity index (χ4v) is 2.60. The molecule has 0 unspecified atom stereocenters. The largest absolute Gasteiger partial charge is 0.481 e. The Balaban J connectivity index is 1.96. The molecule has 1 atom stereocenters. The molecular weight excluding hydrogens is 256 g/mol. The summed E-state index contributed by atoms with van der Waals surface area (Å²) < 4.78 is 10.1. The van der Waals surface area contributed by atoms with E-state index in [0.29, 0.717) is 31.4 Å². The van der Waals surface area contributed by atoms with Gasteiger partial charge in [0.1, 0.15) is 0 Å². The van der Waals surface area contributed by atoms with E-state index in [9.17, 15) is 4.79 Å². The number of pyridine rings is 1. The van der Waals surface area contributed by atoms with E-state index >= 15 is 0 Å². The van der Waals surface area contributed by atoms with Crippen LogP contribution < -0.4 is 4.74 Å². The molecule has 0 bridgehead atoms. The van der Waals surface area contributed by atoms with Gasteiger partial charge in [0, 0.05) is 38.9 Å². The van der Waals surface area contributed by atoms with Gasteiger partial charge in [-0.25, -0.2) is 4.98 Å².